The molecule has 5 nitrogen and oxygen atoms in total. The van der Waals surface area contributed by atoms with Gasteiger partial charge in [0.25, 0.3) is 0 Å². The van der Waals surface area contributed by atoms with Crippen molar-refractivity contribution >= 4 is 11.0 Å². The number of imidazole rings is 1. The van der Waals surface area contributed by atoms with Crippen LogP contribution in [-0.4, -0.2) is 39.2 Å². The first-order chi connectivity index (χ1) is 9.19. The van der Waals surface area contributed by atoms with Gasteiger partial charge in [-0.2, -0.15) is 0 Å². The summed E-state index contributed by atoms with van der Waals surface area (Å²) < 4.78 is 1.85. The third-order valence-corrected chi connectivity index (χ3v) is 4.07. The highest BCUT2D eigenvalue weighted by molar-refractivity contribution is 5.77. The van der Waals surface area contributed by atoms with Crippen molar-refractivity contribution in [1.29, 1.82) is 0 Å². The average Bonchev–Trinajstić information content (AvgIpc) is 2.74. The molecular weight excluding hydrogens is 242 g/mol. The molecule has 1 fully saturated rings. The third-order valence-electron chi connectivity index (χ3n) is 4.07. The number of fused-ring (bicyclic) bond motifs is 1. The second-order valence-corrected chi connectivity index (χ2v) is 5.17. The van der Waals surface area contributed by atoms with E-state index in [1.165, 1.54) is 0 Å². The fraction of sp³-hybridized carbons (Fsp3) is 0.500. The predicted molar refractivity (Wildman–Crippen MR) is 74.6 cm³/mol. The summed E-state index contributed by atoms with van der Waals surface area (Å²) in [6.07, 6.45) is 2.00. The smallest absolute Gasteiger partial charge is 0.326 e. The summed E-state index contributed by atoms with van der Waals surface area (Å²) in [5.74, 6) is 0.182. The first-order valence-corrected chi connectivity index (χ1v) is 6.84. The largest absolute Gasteiger partial charge is 0.508 e. The van der Waals surface area contributed by atoms with Crippen LogP contribution in [-0.2, 0) is 0 Å². The molecule has 1 aliphatic heterocycles. The fourth-order valence-corrected chi connectivity index (χ4v) is 2.98. The van der Waals surface area contributed by atoms with Crippen molar-refractivity contribution < 1.29 is 5.11 Å². The van der Waals surface area contributed by atoms with E-state index in [-0.39, 0.29) is 17.5 Å². The van der Waals surface area contributed by atoms with E-state index >= 15 is 0 Å². The van der Waals surface area contributed by atoms with Crippen LogP contribution in [0.5, 0.6) is 5.75 Å². The number of hydrogen-bond acceptors (Lipinski definition) is 3. The zero-order valence-electron chi connectivity index (χ0n) is 11.1. The van der Waals surface area contributed by atoms with E-state index < -0.39 is 0 Å². The van der Waals surface area contributed by atoms with E-state index in [1.807, 2.05) is 10.6 Å². The van der Waals surface area contributed by atoms with Gasteiger partial charge in [-0.25, -0.2) is 4.79 Å². The zero-order chi connectivity index (χ0) is 13.4. The quantitative estimate of drug-likeness (QED) is 0.865. The Morgan fingerprint density at radius 2 is 2.11 bits per heavy atom. The van der Waals surface area contributed by atoms with Crippen LogP contribution in [0.15, 0.2) is 23.0 Å². The molecule has 102 valence electrons. The first-order valence-electron chi connectivity index (χ1n) is 6.84. The second kappa shape index (κ2) is 4.74. The highest BCUT2D eigenvalue weighted by atomic mass is 16.3. The van der Waals surface area contributed by atoms with Crippen LogP contribution in [0.25, 0.3) is 11.0 Å². The van der Waals surface area contributed by atoms with Gasteiger partial charge in [0, 0.05) is 25.2 Å². The lowest BCUT2D eigenvalue weighted by atomic mass is 10.0. The Hall–Kier alpha value is -1.75. The number of aromatic nitrogens is 2. The summed E-state index contributed by atoms with van der Waals surface area (Å²) in [5.41, 5.74) is 1.52. The van der Waals surface area contributed by atoms with Crippen molar-refractivity contribution in [2.24, 2.45) is 0 Å². The third kappa shape index (κ3) is 2.14. The summed E-state index contributed by atoms with van der Waals surface area (Å²) in [6, 6.07) is 5.31. The topological polar surface area (TPSA) is 61.3 Å². The molecule has 0 amide bonds. The van der Waals surface area contributed by atoms with Gasteiger partial charge in [-0.1, -0.05) is 6.92 Å². The molecule has 0 unspecified atom stereocenters. The molecule has 0 aliphatic carbocycles. The minimum atomic E-state index is -0.0736. The standard InChI is InChI=1S/C14H19N3O2/c1-2-16-7-5-10(6-8-16)17-13-4-3-11(18)9-12(13)15-14(17)19/h3-4,9-10,18H,2,5-8H2,1H3,(H,15,19). The van der Waals surface area contributed by atoms with Crippen LogP contribution >= 0.6 is 0 Å². The molecule has 2 N–H and O–H groups in total. The Bertz CT molecular complexity index is 636. The van der Waals surface area contributed by atoms with Crippen LogP contribution in [0, 0.1) is 0 Å². The SMILES string of the molecule is CCN1CCC(n2c(=O)[nH]c3cc(O)ccc32)CC1. The molecule has 1 aromatic carbocycles. The lowest BCUT2D eigenvalue weighted by molar-refractivity contribution is 0.195. The number of phenolic OH excluding ortho intramolecular Hbond substituents is 1. The zero-order valence-corrected chi connectivity index (χ0v) is 11.1. The molecular formula is C14H19N3O2. The lowest BCUT2D eigenvalue weighted by Gasteiger charge is -2.31. The van der Waals surface area contributed by atoms with Gasteiger partial charge in [0.15, 0.2) is 0 Å². The van der Waals surface area contributed by atoms with Gasteiger partial charge in [0.2, 0.25) is 0 Å². The number of nitrogens with zero attached hydrogens (tertiary/aromatic N) is 2. The molecule has 2 heterocycles. The highest BCUT2D eigenvalue weighted by Crippen LogP contribution is 2.26. The van der Waals surface area contributed by atoms with Gasteiger partial charge in [0.1, 0.15) is 5.75 Å². The summed E-state index contributed by atoms with van der Waals surface area (Å²) in [4.78, 5) is 17.3. The van der Waals surface area contributed by atoms with Crippen molar-refractivity contribution in [2.75, 3.05) is 19.6 Å². The van der Waals surface area contributed by atoms with Crippen molar-refractivity contribution in [2.45, 2.75) is 25.8 Å². The van der Waals surface area contributed by atoms with E-state index in [0.717, 1.165) is 38.0 Å². The number of benzene rings is 1. The molecule has 1 saturated heterocycles. The molecule has 0 radical (unpaired) electrons. The number of aromatic amines is 1. The number of nitrogens with one attached hydrogen (secondary N) is 1. The molecule has 3 rings (SSSR count). The number of H-pyrrole nitrogens is 1. The minimum Gasteiger partial charge on any atom is -0.508 e. The van der Waals surface area contributed by atoms with Gasteiger partial charge in [-0.05, 0) is 31.5 Å². The molecule has 0 spiro atoms. The van der Waals surface area contributed by atoms with Crippen molar-refractivity contribution in [3.05, 3.63) is 28.7 Å². The number of aromatic hydroxyl groups is 1. The van der Waals surface area contributed by atoms with Crippen molar-refractivity contribution in [1.82, 2.24) is 14.5 Å². The average molecular weight is 261 g/mol. The molecule has 0 bridgehead atoms. The number of piperidine rings is 1. The van der Waals surface area contributed by atoms with Crippen molar-refractivity contribution in [3.8, 4) is 5.75 Å². The summed E-state index contributed by atoms with van der Waals surface area (Å²) in [6.45, 7) is 5.32. The van der Waals surface area contributed by atoms with Gasteiger partial charge in [0.05, 0.1) is 11.0 Å². The summed E-state index contributed by atoms with van der Waals surface area (Å²) in [5, 5.41) is 9.47. The molecule has 19 heavy (non-hydrogen) atoms. The number of likely N-dealkylation sites (tertiary alicyclic amines) is 1. The molecule has 1 aromatic heterocycles. The highest BCUT2D eigenvalue weighted by Gasteiger charge is 2.22. The second-order valence-electron chi connectivity index (χ2n) is 5.17. The van der Waals surface area contributed by atoms with Crippen LogP contribution in [0.3, 0.4) is 0 Å². The Morgan fingerprint density at radius 1 is 1.37 bits per heavy atom. The number of phenols is 1. The van der Waals surface area contributed by atoms with Gasteiger partial charge in [-0.3, -0.25) is 4.57 Å². The minimum absolute atomic E-state index is 0.0736. The maximum atomic E-state index is 12.1. The number of hydrogen-bond donors (Lipinski definition) is 2. The maximum absolute atomic E-state index is 12.1. The van der Waals surface area contributed by atoms with E-state index in [0.29, 0.717) is 5.52 Å². The maximum Gasteiger partial charge on any atom is 0.326 e. The van der Waals surface area contributed by atoms with Gasteiger partial charge < -0.3 is 15.0 Å². The molecule has 5 heteroatoms. The van der Waals surface area contributed by atoms with E-state index in [9.17, 15) is 9.90 Å². The Kier molecular flexibility index (Phi) is 3.06. The van der Waals surface area contributed by atoms with E-state index in [2.05, 4.69) is 16.8 Å². The fourth-order valence-electron chi connectivity index (χ4n) is 2.98. The number of rotatable bonds is 2. The molecule has 0 saturated carbocycles. The van der Waals surface area contributed by atoms with E-state index in [1.54, 1.807) is 12.1 Å². The van der Waals surface area contributed by atoms with Gasteiger partial charge in [-0.15, -0.1) is 0 Å². The molecule has 2 aromatic rings. The predicted octanol–water partition coefficient (Wildman–Crippen LogP) is 1.69. The molecule has 1 aliphatic rings. The van der Waals surface area contributed by atoms with Crippen molar-refractivity contribution in [3.63, 3.8) is 0 Å². The Labute approximate surface area is 111 Å². The van der Waals surface area contributed by atoms with Crippen LogP contribution in [0.1, 0.15) is 25.8 Å². The van der Waals surface area contributed by atoms with Crippen LogP contribution in [0.4, 0.5) is 0 Å². The Morgan fingerprint density at radius 3 is 2.79 bits per heavy atom. The van der Waals surface area contributed by atoms with E-state index in [4.69, 9.17) is 0 Å². The van der Waals surface area contributed by atoms with Crippen LogP contribution in [0.2, 0.25) is 0 Å². The Balaban J connectivity index is 1.97. The summed E-state index contributed by atoms with van der Waals surface area (Å²) >= 11 is 0. The summed E-state index contributed by atoms with van der Waals surface area (Å²) in [7, 11) is 0. The monoisotopic (exact) mass is 261 g/mol. The molecule has 0 atom stereocenters. The first kappa shape index (κ1) is 12.3. The normalized spacial score (nSPS) is 18.2. The van der Waals surface area contributed by atoms with Gasteiger partial charge >= 0.3 is 5.69 Å². The van der Waals surface area contributed by atoms with Crippen LogP contribution < -0.4 is 5.69 Å². The lowest BCUT2D eigenvalue weighted by Crippen LogP contribution is -2.36.